The van der Waals surface area contributed by atoms with Crippen LogP contribution in [0.1, 0.15) is 18.2 Å². The molecule has 2 heterocycles. The highest BCUT2D eigenvalue weighted by Gasteiger charge is 2.18. The standard InChI is InChI=1S/C24H22N2O6/c1-4-29-21(27)14-30-20-11-10-19-22(28)24(16(3)31-23(19)15(20)2)32-18-12-25-26(13-18)17-8-6-5-7-9-17/h5-13H,4,14H2,1-3H3. The molecule has 0 spiro atoms. The summed E-state index contributed by atoms with van der Waals surface area (Å²) in [6.45, 7) is 5.19. The number of nitrogens with zero attached hydrogens (tertiary/aromatic N) is 2. The van der Waals surface area contributed by atoms with E-state index in [9.17, 15) is 9.59 Å². The van der Waals surface area contributed by atoms with Crippen LogP contribution in [0.15, 0.2) is 64.1 Å². The summed E-state index contributed by atoms with van der Waals surface area (Å²) in [4.78, 5) is 24.7. The maximum absolute atomic E-state index is 13.1. The number of hydrogen-bond acceptors (Lipinski definition) is 7. The fourth-order valence-corrected chi connectivity index (χ4v) is 3.28. The molecule has 4 rings (SSSR count). The number of aryl methyl sites for hydroxylation is 2. The van der Waals surface area contributed by atoms with Crippen LogP contribution in [-0.4, -0.2) is 29.0 Å². The summed E-state index contributed by atoms with van der Waals surface area (Å²) in [5, 5.41) is 4.63. The molecule has 0 aliphatic rings. The van der Waals surface area contributed by atoms with Crippen molar-refractivity contribution in [3.63, 3.8) is 0 Å². The normalized spacial score (nSPS) is 10.8. The van der Waals surface area contributed by atoms with Crippen LogP contribution in [0.4, 0.5) is 0 Å². The minimum absolute atomic E-state index is 0.0877. The lowest BCUT2D eigenvalue weighted by atomic mass is 10.1. The fraction of sp³-hybridized carbons (Fsp3) is 0.208. The first-order valence-corrected chi connectivity index (χ1v) is 10.1. The first-order valence-electron chi connectivity index (χ1n) is 10.1. The van der Waals surface area contributed by atoms with Gasteiger partial charge < -0.3 is 18.6 Å². The Labute approximate surface area is 183 Å². The summed E-state index contributed by atoms with van der Waals surface area (Å²) in [6, 6.07) is 12.8. The average molecular weight is 434 g/mol. The van der Waals surface area contributed by atoms with Gasteiger partial charge in [0.25, 0.3) is 0 Å². The highest BCUT2D eigenvalue weighted by molar-refractivity contribution is 5.83. The summed E-state index contributed by atoms with van der Waals surface area (Å²) in [5.74, 6) is 0.787. The SMILES string of the molecule is CCOC(=O)COc1ccc2c(=O)c(Oc3cnn(-c4ccccc4)c3)c(C)oc2c1C. The van der Waals surface area contributed by atoms with Gasteiger partial charge in [-0.25, -0.2) is 9.48 Å². The van der Waals surface area contributed by atoms with Crippen LogP contribution in [0, 0.1) is 13.8 Å². The molecule has 0 aliphatic heterocycles. The monoisotopic (exact) mass is 434 g/mol. The number of aromatic nitrogens is 2. The van der Waals surface area contributed by atoms with E-state index in [1.807, 2.05) is 30.3 Å². The molecule has 0 bridgehead atoms. The molecular formula is C24H22N2O6. The molecule has 0 amide bonds. The Bertz CT molecular complexity index is 1320. The number of benzene rings is 2. The lowest BCUT2D eigenvalue weighted by molar-refractivity contribution is -0.145. The number of carbonyl (C=O) groups is 1. The lowest BCUT2D eigenvalue weighted by Gasteiger charge is -2.12. The Hall–Kier alpha value is -4.07. The summed E-state index contributed by atoms with van der Waals surface area (Å²) >= 11 is 0. The molecule has 2 aromatic heterocycles. The minimum atomic E-state index is -0.468. The number of esters is 1. The highest BCUT2D eigenvalue weighted by atomic mass is 16.6. The molecule has 0 aliphatic carbocycles. The molecule has 0 unspecified atom stereocenters. The molecule has 2 aromatic carbocycles. The molecule has 0 radical (unpaired) electrons. The van der Waals surface area contributed by atoms with Gasteiger partial charge in [0.1, 0.15) is 17.1 Å². The van der Waals surface area contributed by atoms with Crippen LogP contribution in [0.5, 0.6) is 17.2 Å². The van der Waals surface area contributed by atoms with Gasteiger partial charge in [-0.05, 0) is 45.0 Å². The molecule has 0 fully saturated rings. The zero-order valence-corrected chi connectivity index (χ0v) is 18.0. The third-order valence-corrected chi connectivity index (χ3v) is 4.83. The summed E-state index contributed by atoms with van der Waals surface area (Å²) in [6.07, 6.45) is 3.23. The molecule has 0 saturated heterocycles. The van der Waals surface area contributed by atoms with E-state index in [0.717, 1.165) is 5.69 Å². The van der Waals surface area contributed by atoms with Crippen molar-refractivity contribution in [2.45, 2.75) is 20.8 Å². The van der Waals surface area contributed by atoms with Crippen molar-refractivity contribution in [3.05, 3.63) is 76.4 Å². The van der Waals surface area contributed by atoms with Crippen molar-refractivity contribution in [1.29, 1.82) is 0 Å². The number of para-hydroxylation sites is 1. The van der Waals surface area contributed by atoms with E-state index in [1.165, 1.54) is 6.20 Å². The second kappa shape index (κ2) is 8.97. The maximum Gasteiger partial charge on any atom is 0.344 e. The number of rotatable bonds is 7. The Kier molecular flexibility index (Phi) is 5.93. The van der Waals surface area contributed by atoms with Gasteiger partial charge in [0.15, 0.2) is 12.4 Å². The van der Waals surface area contributed by atoms with Crippen LogP contribution < -0.4 is 14.9 Å². The fourth-order valence-electron chi connectivity index (χ4n) is 3.28. The molecule has 4 aromatic rings. The van der Waals surface area contributed by atoms with Crippen LogP contribution in [-0.2, 0) is 9.53 Å². The first-order chi connectivity index (χ1) is 15.5. The largest absolute Gasteiger partial charge is 0.481 e. The van der Waals surface area contributed by atoms with Gasteiger partial charge in [-0.3, -0.25) is 4.79 Å². The molecular weight excluding hydrogens is 412 g/mol. The van der Waals surface area contributed by atoms with Crippen molar-refractivity contribution in [3.8, 4) is 22.9 Å². The third-order valence-electron chi connectivity index (χ3n) is 4.83. The van der Waals surface area contributed by atoms with Gasteiger partial charge >= 0.3 is 5.97 Å². The van der Waals surface area contributed by atoms with Gasteiger partial charge in [-0.15, -0.1) is 0 Å². The van der Waals surface area contributed by atoms with Crippen molar-refractivity contribution in [2.75, 3.05) is 13.2 Å². The van der Waals surface area contributed by atoms with Gasteiger partial charge in [0.05, 0.1) is 30.1 Å². The molecule has 0 atom stereocenters. The third kappa shape index (κ3) is 4.20. The molecule has 0 N–H and O–H groups in total. The van der Waals surface area contributed by atoms with Gasteiger partial charge in [-0.2, -0.15) is 5.10 Å². The van der Waals surface area contributed by atoms with Gasteiger partial charge in [-0.1, -0.05) is 18.2 Å². The van der Waals surface area contributed by atoms with E-state index in [1.54, 1.807) is 43.8 Å². The van der Waals surface area contributed by atoms with Crippen LogP contribution in [0.2, 0.25) is 0 Å². The second-order valence-electron chi connectivity index (χ2n) is 7.03. The maximum atomic E-state index is 13.1. The summed E-state index contributed by atoms with van der Waals surface area (Å²) < 4.78 is 23.8. The van der Waals surface area contributed by atoms with Crippen molar-refractivity contribution in [1.82, 2.24) is 9.78 Å². The van der Waals surface area contributed by atoms with Gasteiger partial charge in [0.2, 0.25) is 11.2 Å². The minimum Gasteiger partial charge on any atom is -0.481 e. The Morgan fingerprint density at radius 1 is 1.12 bits per heavy atom. The van der Waals surface area contributed by atoms with E-state index in [2.05, 4.69) is 5.10 Å². The predicted molar refractivity (Wildman–Crippen MR) is 118 cm³/mol. The highest BCUT2D eigenvalue weighted by Crippen LogP contribution is 2.31. The van der Waals surface area contributed by atoms with Gasteiger partial charge in [0, 0.05) is 5.56 Å². The van der Waals surface area contributed by atoms with E-state index < -0.39 is 5.97 Å². The van der Waals surface area contributed by atoms with Crippen LogP contribution in [0.25, 0.3) is 16.7 Å². The van der Waals surface area contributed by atoms with E-state index >= 15 is 0 Å². The summed E-state index contributed by atoms with van der Waals surface area (Å²) in [7, 11) is 0. The van der Waals surface area contributed by atoms with E-state index in [0.29, 0.717) is 33.8 Å². The topological polar surface area (TPSA) is 92.8 Å². The Morgan fingerprint density at radius 2 is 1.91 bits per heavy atom. The number of fused-ring (bicyclic) bond motifs is 1. The number of carbonyl (C=O) groups excluding carboxylic acids is 1. The molecule has 8 heteroatoms. The molecule has 8 nitrogen and oxygen atoms in total. The Balaban J connectivity index is 1.63. The predicted octanol–water partition coefficient (Wildman–Crippen LogP) is 4.33. The lowest BCUT2D eigenvalue weighted by Crippen LogP contribution is -2.15. The number of hydrogen-bond donors (Lipinski definition) is 0. The first kappa shape index (κ1) is 21.2. The molecule has 0 saturated carbocycles. The van der Waals surface area contributed by atoms with E-state index in [4.69, 9.17) is 18.6 Å². The quantitative estimate of drug-likeness (QED) is 0.400. The molecule has 164 valence electrons. The molecule has 32 heavy (non-hydrogen) atoms. The van der Waals surface area contributed by atoms with Crippen molar-refractivity contribution < 1.29 is 23.4 Å². The second-order valence-corrected chi connectivity index (χ2v) is 7.03. The summed E-state index contributed by atoms with van der Waals surface area (Å²) in [5.41, 5.74) is 1.54. The zero-order valence-electron chi connectivity index (χ0n) is 18.0. The average Bonchev–Trinajstić information content (AvgIpc) is 3.26. The Morgan fingerprint density at radius 3 is 2.66 bits per heavy atom. The smallest absolute Gasteiger partial charge is 0.344 e. The van der Waals surface area contributed by atoms with E-state index in [-0.39, 0.29) is 24.4 Å². The zero-order chi connectivity index (χ0) is 22.7. The van der Waals surface area contributed by atoms with Crippen molar-refractivity contribution in [2.24, 2.45) is 0 Å². The van der Waals surface area contributed by atoms with Crippen LogP contribution in [0.3, 0.4) is 0 Å². The van der Waals surface area contributed by atoms with Crippen molar-refractivity contribution >= 4 is 16.9 Å². The van der Waals surface area contributed by atoms with Crippen LogP contribution >= 0.6 is 0 Å². The number of ether oxygens (including phenoxy) is 3.